The number of aryl methyl sites for hydroxylation is 2. The normalized spacial score (nSPS) is 18.0. The van der Waals surface area contributed by atoms with Crippen LogP contribution in [0.15, 0.2) is 24.3 Å². The van der Waals surface area contributed by atoms with Crippen LogP contribution in [0.2, 0.25) is 0 Å². The molecule has 0 atom stereocenters. The molecule has 2 aromatic carbocycles. The number of aromatic hydroxyl groups is 2. The van der Waals surface area contributed by atoms with Gasteiger partial charge in [-0.15, -0.1) is 0 Å². The molecule has 210 valence electrons. The molecule has 1 amide bonds. The third-order valence-corrected chi connectivity index (χ3v) is 7.60. The molecule has 2 aromatic rings. The quantitative estimate of drug-likeness (QED) is 0.353. The molecule has 0 aliphatic carbocycles. The number of phenols is 2. The smallest absolute Gasteiger partial charge is 0.232 e. The monoisotopic (exact) mass is 522 g/mol. The van der Waals surface area contributed by atoms with Gasteiger partial charge in [-0.25, -0.2) is 0 Å². The zero-order chi connectivity index (χ0) is 29.0. The van der Waals surface area contributed by atoms with Crippen LogP contribution < -0.4 is 10.6 Å². The first-order valence-corrected chi connectivity index (χ1v) is 13.9. The Labute approximate surface area is 230 Å². The van der Waals surface area contributed by atoms with Crippen LogP contribution in [-0.4, -0.2) is 33.2 Å². The fourth-order valence-corrected chi connectivity index (χ4v) is 6.36. The van der Waals surface area contributed by atoms with Crippen LogP contribution in [-0.2, 0) is 15.6 Å². The van der Waals surface area contributed by atoms with Gasteiger partial charge in [0.25, 0.3) is 0 Å². The van der Waals surface area contributed by atoms with E-state index in [1.54, 1.807) is 0 Å². The van der Waals surface area contributed by atoms with E-state index in [4.69, 9.17) is 0 Å². The van der Waals surface area contributed by atoms with Gasteiger partial charge in [0.05, 0.1) is 5.92 Å². The predicted molar refractivity (Wildman–Crippen MR) is 157 cm³/mol. The number of benzene rings is 2. The van der Waals surface area contributed by atoms with Crippen molar-refractivity contribution in [1.82, 2.24) is 10.6 Å². The van der Waals surface area contributed by atoms with Crippen molar-refractivity contribution in [3.8, 4) is 11.5 Å². The molecule has 0 unspecified atom stereocenters. The Kier molecular flexibility index (Phi) is 7.82. The van der Waals surface area contributed by atoms with Crippen LogP contribution in [0, 0.1) is 13.8 Å². The molecule has 1 fully saturated rings. The zero-order valence-electron chi connectivity index (χ0n) is 25.7. The van der Waals surface area contributed by atoms with Crippen LogP contribution in [0.3, 0.4) is 0 Å². The van der Waals surface area contributed by atoms with E-state index < -0.39 is 5.92 Å². The van der Waals surface area contributed by atoms with Crippen molar-refractivity contribution in [2.75, 3.05) is 0 Å². The Bertz CT molecular complexity index is 1130. The molecule has 3 rings (SSSR count). The average Bonchev–Trinajstić information content (AvgIpc) is 2.68. The molecular weight excluding hydrogens is 472 g/mol. The summed E-state index contributed by atoms with van der Waals surface area (Å²) >= 11 is 0. The number of carbonyl (C=O) groups excluding carboxylic acids is 1. The summed E-state index contributed by atoms with van der Waals surface area (Å²) in [5, 5.41) is 30.3. The second-order valence-corrected chi connectivity index (χ2v) is 14.9. The van der Waals surface area contributed by atoms with E-state index >= 15 is 0 Å². The maximum atomic E-state index is 14.3. The van der Waals surface area contributed by atoms with Gasteiger partial charge in [-0.2, -0.15) is 0 Å². The van der Waals surface area contributed by atoms with Crippen molar-refractivity contribution in [3.63, 3.8) is 0 Å². The highest BCUT2D eigenvalue weighted by Crippen LogP contribution is 2.45. The van der Waals surface area contributed by atoms with E-state index in [0.717, 1.165) is 35.1 Å². The lowest BCUT2D eigenvalue weighted by Gasteiger charge is -2.46. The summed E-state index contributed by atoms with van der Waals surface area (Å²) in [6, 6.07) is 7.72. The Morgan fingerprint density at radius 1 is 0.816 bits per heavy atom. The first-order chi connectivity index (χ1) is 17.1. The summed E-state index contributed by atoms with van der Waals surface area (Å²) in [5.74, 6) is -0.831. The first-order valence-electron chi connectivity index (χ1n) is 13.9. The number of hydrogen-bond donors (Lipinski definition) is 4. The molecule has 0 saturated carbocycles. The molecule has 0 bridgehead atoms. The first kappa shape index (κ1) is 30.0. The summed E-state index contributed by atoms with van der Waals surface area (Å²) in [6.45, 7) is 25.0. The highest BCUT2D eigenvalue weighted by atomic mass is 16.3. The number of nitrogens with one attached hydrogen (secondary N) is 2. The van der Waals surface area contributed by atoms with Gasteiger partial charge in [0.1, 0.15) is 11.5 Å². The summed E-state index contributed by atoms with van der Waals surface area (Å²) in [7, 11) is 0. The largest absolute Gasteiger partial charge is 0.507 e. The molecule has 0 radical (unpaired) electrons. The van der Waals surface area contributed by atoms with Gasteiger partial charge in [0.2, 0.25) is 5.91 Å². The Hall–Kier alpha value is -2.53. The molecule has 5 nitrogen and oxygen atoms in total. The lowest BCUT2D eigenvalue weighted by molar-refractivity contribution is -0.123. The molecule has 38 heavy (non-hydrogen) atoms. The number of amides is 1. The van der Waals surface area contributed by atoms with Crippen molar-refractivity contribution in [1.29, 1.82) is 0 Å². The highest BCUT2D eigenvalue weighted by molar-refractivity contribution is 5.89. The molecule has 0 spiro atoms. The standard InChI is InChI=1S/C33H50N2O3/c1-19-13-22(27(36)24(15-19)30(3,4)5)26(23-14-20(2)16-25(28(23)37)31(6,7)8)29(38)34-21-17-32(9,10)35-33(11,12)18-21/h13-16,21,26,35-37H,17-18H2,1-12H3,(H,34,38). The molecule has 4 N–H and O–H groups in total. The average molecular weight is 523 g/mol. The summed E-state index contributed by atoms with van der Waals surface area (Å²) in [4.78, 5) is 14.3. The number of carbonyl (C=O) groups is 1. The van der Waals surface area contributed by atoms with Crippen molar-refractivity contribution in [2.24, 2.45) is 0 Å². The maximum Gasteiger partial charge on any atom is 0.232 e. The fraction of sp³-hybridized carbons (Fsp3) is 0.606. The molecule has 0 aromatic heterocycles. The van der Waals surface area contributed by atoms with E-state index in [0.29, 0.717) is 11.1 Å². The van der Waals surface area contributed by atoms with E-state index in [9.17, 15) is 15.0 Å². The van der Waals surface area contributed by atoms with Gasteiger partial charge >= 0.3 is 0 Å². The minimum Gasteiger partial charge on any atom is -0.507 e. The van der Waals surface area contributed by atoms with Gasteiger partial charge in [-0.1, -0.05) is 76.9 Å². The number of hydrogen-bond acceptors (Lipinski definition) is 4. The SMILES string of the molecule is Cc1cc(C(C(=O)NC2CC(C)(C)NC(C)(C)C2)c2cc(C)cc(C(C)(C)C)c2O)c(O)c(C(C)(C)C)c1. The zero-order valence-corrected chi connectivity index (χ0v) is 25.7. The predicted octanol–water partition coefficient (Wildman–Crippen LogP) is 6.87. The van der Waals surface area contributed by atoms with Crippen LogP contribution in [0.25, 0.3) is 0 Å². The van der Waals surface area contributed by atoms with Gasteiger partial charge in [0.15, 0.2) is 0 Å². The molecule has 1 aliphatic rings. The lowest BCUT2D eigenvalue weighted by atomic mass is 9.77. The number of phenolic OH excluding ortho intramolecular Hbond substituents is 2. The van der Waals surface area contributed by atoms with Gasteiger partial charge in [0, 0.05) is 28.2 Å². The maximum absolute atomic E-state index is 14.3. The Morgan fingerprint density at radius 3 is 1.53 bits per heavy atom. The van der Waals surface area contributed by atoms with Gasteiger partial charge < -0.3 is 20.8 Å². The topological polar surface area (TPSA) is 81.6 Å². The van der Waals surface area contributed by atoms with E-state index in [1.807, 2.05) is 38.1 Å². The number of rotatable bonds is 4. The van der Waals surface area contributed by atoms with Crippen LogP contribution in [0.4, 0.5) is 0 Å². The third kappa shape index (κ3) is 6.54. The Morgan fingerprint density at radius 2 is 1.18 bits per heavy atom. The van der Waals surface area contributed by atoms with Gasteiger partial charge in [-0.05, 0) is 76.3 Å². The number of piperidine rings is 1. The van der Waals surface area contributed by atoms with Crippen LogP contribution in [0.5, 0.6) is 11.5 Å². The Balaban J connectivity index is 2.24. The lowest BCUT2D eigenvalue weighted by Crippen LogP contribution is -2.62. The van der Waals surface area contributed by atoms with Gasteiger partial charge in [-0.3, -0.25) is 4.79 Å². The van der Waals surface area contributed by atoms with Crippen molar-refractivity contribution in [2.45, 2.75) is 130 Å². The van der Waals surface area contributed by atoms with Crippen LogP contribution in [0.1, 0.15) is 121 Å². The summed E-state index contributed by atoms with van der Waals surface area (Å²) in [6.07, 6.45) is 1.57. The third-order valence-electron chi connectivity index (χ3n) is 7.60. The molecule has 1 heterocycles. The minimum absolute atomic E-state index is 0.0423. The second kappa shape index (κ2) is 9.89. The van der Waals surface area contributed by atoms with E-state index in [2.05, 4.69) is 79.9 Å². The summed E-state index contributed by atoms with van der Waals surface area (Å²) in [5.41, 5.74) is 3.66. The molecule has 1 saturated heterocycles. The van der Waals surface area contributed by atoms with Crippen molar-refractivity contribution in [3.05, 3.63) is 57.6 Å². The van der Waals surface area contributed by atoms with E-state index in [1.165, 1.54) is 0 Å². The van der Waals surface area contributed by atoms with Crippen molar-refractivity contribution >= 4 is 5.91 Å². The second-order valence-electron chi connectivity index (χ2n) is 14.9. The minimum atomic E-state index is -0.863. The summed E-state index contributed by atoms with van der Waals surface area (Å²) < 4.78 is 0. The van der Waals surface area contributed by atoms with Crippen molar-refractivity contribution < 1.29 is 15.0 Å². The molecular formula is C33H50N2O3. The van der Waals surface area contributed by atoms with E-state index in [-0.39, 0.29) is 45.4 Å². The van der Waals surface area contributed by atoms with Crippen LogP contribution >= 0.6 is 0 Å². The highest BCUT2D eigenvalue weighted by Gasteiger charge is 2.40. The fourth-order valence-electron chi connectivity index (χ4n) is 6.36. The molecule has 5 heteroatoms. The molecule has 1 aliphatic heterocycles.